The SMILES string of the molecule is [2H]c1c([2H])c([2H])c2c(N(c3ccc(-c4ccc5c(ccc6ccccc65)c4)cc3)c3cccc(-c4cccc5ccccc45)c3)c([2H])c([2H])c([2H])c2c1[2H]. The summed E-state index contributed by atoms with van der Waals surface area (Å²) in [6.45, 7) is 0. The molecule has 220 valence electrons. The minimum Gasteiger partial charge on any atom is -0.310 e. The van der Waals surface area contributed by atoms with Crippen molar-refractivity contribution in [3.63, 3.8) is 0 Å². The molecule has 0 spiro atoms. The van der Waals surface area contributed by atoms with Gasteiger partial charge in [0.2, 0.25) is 0 Å². The fourth-order valence-electron chi connectivity index (χ4n) is 6.66. The first-order valence-electron chi connectivity index (χ1n) is 19.1. The van der Waals surface area contributed by atoms with Crippen molar-refractivity contribution in [2.75, 3.05) is 4.90 Å². The molecular formula is C46H31N. The van der Waals surface area contributed by atoms with Gasteiger partial charge in [-0.15, -0.1) is 0 Å². The highest BCUT2D eigenvalue weighted by Crippen LogP contribution is 2.41. The van der Waals surface area contributed by atoms with E-state index in [-0.39, 0.29) is 28.5 Å². The summed E-state index contributed by atoms with van der Waals surface area (Å²) in [6, 6.07) is 46.2. The number of hydrogen-bond donors (Lipinski definition) is 0. The molecule has 1 heteroatoms. The largest absolute Gasteiger partial charge is 0.310 e. The third-order valence-corrected chi connectivity index (χ3v) is 8.93. The standard InChI is InChI=1S/C46H31N/c1-4-17-41-33(10-1)13-8-20-43(41)37-15-7-16-40(31-37)47(46-21-9-14-34-11-3-6-19-45(34)46)39-27-24-32(25-28-39)36-26-29-44-38(30-36)23-22-35-12-2-5-18-42(35)44/h1-31H/i3D,6D,9D,11D,14D,19D,21D. The van der Waals surface area contributed by atoms with E-state index in [0.29, 0.717) is 11.4 Å². The Bertz CT molecular complexity index is 2960. The molecule has 0 saturated heterocycles. The summed E-state index contributed by atoms with van der Waals surface area (Å²) >= 11 is 0. The normalized spacial score (nSPS) is 13.5. The fourth-order valence-corrected chi connectivity index (χ4v) is 6.66. The number of rotatable bonds is 5. The number of hydrogen-bond acceptors (Lipinski definition) is 1. The third kappa shape index (κ3) is 4.81. The molecule has 0 aliphatic carbocycles. The van der Waals surface area contributed by atoms with Crippen LogP contribution in [0.3, 0.4) is 0 Å². The molecule has 0 heterocycles. The Labute approximate surface area is 284 Å². The first-order valence-corrected chi connectivity index (χ1v) is 15.6. The van der Waals surface area contributed by atoms with Gasteiger partial charge in [-0.25, -0.2) is 0 Å². The van der Waals surface area contributed by atoms with Crippen molar-refractivity contribution in [1.29, 1.82) is 0 Å². The Morgan fingerprint density at radius 3 is 1.94 bits per heavy atom. The lowest BCUT2D eigenvalue weighted by Crippen LogP contribution is -2.10. The Morgan fingerprint density at radius 2 is 1.04 bits per heavy atom. The van der Waals surface area contributed by atoms with Crippen molar-refractivity contribution in [1.82, 2.24) is 0 Å². The maximum Gasteiger partial charge on any atom is 0.0645 e. The molecular weight excluding hydrogens is 567 g/mol. The first kappa shape index (κ1) is 20.8. The number of fused-ring (bicyclic) bond motifs is 5. The Balaban J connectivity index is 1.26. The molecule has 9 aromatic carbocycles. The molecule has 0 aliphatic heterocycles. The van der Waals surface area contributed by atoms with Crippen LogP contribution in [-0.2, 0) is 0 Å². The van der Waals surface area contributed by atoms with Crippen LogP contribution < -0.4 is 4.90 Å². The van der Waals surface area contributed by atoms with Crippen molar-refractivity contribution >= 4 is 60.2 Å². The Hall–Kier alpha value is -6.18. The van der Waals surface area contributed by atoms with Crippen molar-refractivity contribution in [3.05, 3.63) is 188 Å². The van der Waals surface area contributed by atoms with Crippen LogP contribution in [0.4, 0.5) is 17.1 Å². The molecule has 0 radical (unpaired) electrons. The van der Waals surface area contributed by atoms with Crippen LogP contribution in [0.15, 0.2) is 188 Å². The van der Waals surface area contributed by atoms with E-state index in [9.17, 15) is 1.37 Å². The topological polar surface area (TPSA) is 3.24 Å². The summed E-state index contributed by atoms with van der Waals surface area (Å²) in [7, 11) is 0. The zero-order valence-corrected chi connectivity index (χ0v) is 25.3. The molecule has 0 amide bonds. The van der Waals surface area contributed by atoms with Gasteiger partial charge in [-0.1, -0.05) is 152 Å². The molecule has 0 unspecified atom stereocenters. The van der Waals surface area contributed by atoms with Crippen LogP contribution in [0.25, 0.3) is 65.3 Å². The zero-order valence-electron chi connectivity index (χ0n) is 32.3. The summed E-state index contributed by atoms with van der Waals surface area (Å²) in [5.74, 6) is 0. The maximum absolute atomic E-state index is 9.27. The van der Waals surface area contributed by atoms with Crippen LogP contribution in [0.2, 0.25) is 0 Å². The summed E-state index contributed by atoms with van der Waals surface area (Å²) < 4.78 is 61.6. The predicted molar refractivity (Wildman–Crippen MR) is 202 cm³/mol. The minimum atomic E-state index is -0.485. The molecule has 0 aliphatic rings. The molecule has 0 bridgehead atoms. The summed E-state index contributed by atoms with van der Waals surface area (Å²) in [5.41, 5.74) is 5.29. The molecule has 1 nitrogen and oxygen atoms in total. The third-order valence-electron chi connectivity index (χ3n) is 8.93. The minimum absolute atomic E-state index is 0.0217. The van der Waals surface area contributed by atoms with E-state index in [1.807, 2.05) is 72.8 Å². The average Bonchev–Trinajstić information content (AvgIpc) is 3.22. The number of nitrogens with zero attached hydrogens (tertiary/aromatic N) is 1. The Kier molecular flexibility index (Phi) is 5.00. The smallest absolute Gasteiger partial charge is 0.0645 e. The molecule has 0 atom stereocenters. The molecule has 0 N–H and O–H groups in total. The van der Waals surface area contributed by atoms with Gasteiger partial charge in [0.1, 0.15) is 0 Å². The lowest BCUT2D eigenvalue weighted by molar-refractivity contribution is 1.30. The molecule has 9 aromatic rings. The summed E-state index contributed by atoms with van der Waals surface area (Å²) in [4.78, 5) is 1.79. The quantitative estimate of drug-likeness (QED) is 0.177. The van der Waals surface area contributed by atoms with Gasteiger partial charge in [-0.2, -0.15) is 0 Å². The second-order valence-corrected chi connectivity index (χ2v) is 11.7. The number of anilines is 3. The van der Waals surface area contributed by atoms with Gasteiger partial charge < -0.3 is 4.90 Å². The monoisotopic (exact) mass is 604 g/mol. The van der Waals surface area contributed by atoms with Crippen LogP contribution in [0.1, 0.15) is 9.60 Å². The molecule has 9 rings (SSSR count). The zero-order chi connectivity index (χ0) is 37.2. The van der Waals surface area contributed by atoms with E-state index in [0.717, 1.165) is 38.4 Å². The van der Waals surface area contributed by atoms with Gasteiger partial charge in [0.25, 0.3) is 0 Å². The molecule has 0 saturated carbocycles. The van der Waals surface area contributed by atoms with Crippen LogP contribution >= 0.6 is 0 Å². The van der Waals surface area contributed by atoms with Crippen LogP contribution in [0.5, 0.6) is 0 Å². The van der Waals surface area contributed by atoms with Crippen LogP contribution in [-0.4, -0.2) is 0 Å². The lowest BCUT2D eigenvalue weighted by atomic mass is 9.97. The van der Waals surface area contributed by atoms with Gasteiger partial charge in [0.15, 0.2) is 0 Å². The fraction of sp³-hybridized carbons (Fsp3) is 0. The van der Waals surface area contributed by atoms with E-state index in [1.165, 1.54) is 16.2 Å². The van der Waals surface area contributed by atoms with Gasteiger partial charge >= 0.3 is 0 Å². The maximum atomic E-state index is 9.27. The van der Waals surface area contributed by atoms with E-state index >= 15 is 0 Å². The Morgan fingerprint density at radius 1 is 0.362 bits per heavy atom. The van der Waals surface area contributed by atoms with E-state index in [2.05, 4.69) is 72.8 Å². The van der Waals surface area contributed by atoms with Gasteiger partial charge in [-0.3, -0.25) is 0 Å². The molecule has 47 heavy (non-hydrogen) atoms. The van der Waals surface area contributed by atoms with Crippen molar-refractivity contribution in [2.24, 2.45) is 0 Å². The van der Waals surface area contributed by atoms with E-state index < -0.39 is 30.2 Å². The van der Waals surface area contributed by atoms with Crippen molar-refractivity contribution in [3.8, 4) is 22.3 Å². The first-order chi connectivity index (χ1) is 26.2. The van der Waals surface area contributed by atoms with Gasteiger partial charge in [0, 0.05) is 16.8 Å². The van der Waals surface area contributed by atoms with Gasteiger partial charge in [-0.05, 0) is 96.3 Å². The summed E-state index contributed by atoms with van der Waals surface area (Å²) in [6.07, 6.45) is 0. The highest BCUT2D eigenvalue weighted by atomic mass is 15.1. The lowest BCUT2D eigenvalue weighted by Gasteiger charge is -2.27. The highest BCUT2D eigenvalue weighted by Gasteiger charge is 2.17. The van der Waals surface area contributed by atoms with Crippen LogP contribution in [0, 0.1) is 0 Å². The van der Waals surface area contributed by atoms with Crippen molar-refractivity contribution in [2.45, 2.75) is 0 Å². The number of benzene rings is 9. The highest BCUT2D eigenvalue weighted by molar-refractivity contribution is 6.08. The van der Waals surface area contributed by atoms with E-state index in [1.54, 1.807) is 4.90 Å². The van der Waals surface area contributed by atoms with Crippen molar-refractivity contribution < 1.29 is 9.60 Å². The second-order valence-electron chi connectivity index (χ2n) is 11.7. The molecule has 0 aromatic heterocycles. The average molecular weight is 605 g/mol. The molecule has 0 fully saturated rings. The predicted octanol–water partition coefficient (Wildman–Crippen LogP) is 13.1. The second kappa shape index (κ2) is 11.3. The summed E-state index contributed by atoms with van der Waals surface area (Å²) in [5, 5.41) is 6.78. The van der Waals surface area contributed by atoms with E-state index in [4.69, 9.17) is 8.22 Å². The van der Waals surface area contributed by atoms with Gasteiger partial charge in [0.05, 0.1) is 15.3 Å².